The molecule has 1 nitrogen and oxygen atoms in total. The number of benzene rings is 1. The Hall–Kier alpha value is -0.960. The minimum atomic E-state index is -1.25. The monoisotopic (exact) mass is 212 g/mol. The summed E-state index contributed by atoms with van der Waals surface area (Å²) in [6.07, 6.45) is 2.81. The Morgan fingerprint density at radius 1 is 1.33 bits per heavy atom. The third-order valence-electron chi connectivity index (χ3n) is 3.40. The first-order valence-electron chi connectivity index (χ1n) is 5.20. The van der Waals surface area contributed by atoms with Crippen LogP contribution in [-0.4, -0.2) is 5.11 Å². The summed E-state index contributed by atoms with van der Waals surface area (Å²) in [6.45, 7) is 1.56. The lowest BCUT2D eigenvalue weighted by molar-refractivity contribution is -0.0429. The smallest absolute Gasteiger partial charge is 0.164 e. The molecule has 1 N–H and O–H groups in total. The van der Waals surface area contributed by atoms with E-state index in [0.29, 0.717) is 0 Å². The van der Waals surface area contributed by atoms with E-state index in [1.54, 1.807) is 6.92 Å². The first-order chi connectivity index (χ1) is 7.03. The van der Waals surface area contributed by atoms with Gasteiger partial charge >= 0.3 is 0 Å². The molecule has 0 saturated heterocycles. The molecule has 1 aromatic rings. The molecule has 0 aromatic heterocycles. The van der Waals surface area contributed by atoms with Crippen molar-refractivity contribution in [3.63, 3.8) is 0 Å². The predicted molar refractivity (Wildman–Crippen MR) is 53.3 cm³/mol. The Balaban J connectivity index is 2.39. The highest BCUT2D eigenvalue weighted by atomic mass is 19.2. The van der Waals surface area contributed by atoms with E-state index in [1.807, 2.05) is 0 Å². The van der Waals surface area contributed by atoms with Gasteiger partial charge in [0.1, 0.15) is 0 Å². The van der Waals surface area contributed by atoms with Crippen LogP contribution in [0, 0.1) is 17.6 Å². The maximum atomic E-state index is 13.5. The number of hydrogen-bond donors (Lipinski definition) is 1. The van der Waals surface area contributed by atoms with Gasteiger partial charge in [-0.25, -0.2) is 8.78 Å². The van der Waals surface area contributed by atoms with Crippen LogP contribution in [0.4, 0.5) is 8.78 Å². The average molecular weight is 212 g/mol. The van der Waals surface area contributed by atoms with Crippen LogP contribution < -0.4 is 0 Å². The molecule has 1 unspecified atom stereocenters. The zero-order chi connectivity index (χ0) is 11.1. The zero-order valence-electron chi connectivity index (χ0n) is 8.63. The van der Waals surface area contributed by atoms with E-state index in [9.17, 15) is 13.9 Å². The van der Waals surface area contributed by atoms with Gasteiger partial charge < -0.3 is 5.11 Å². The lowest BCUT2D eigenvalue weighted by Crippen LogP contribution is -2.37. The third-order valence-corrected chi connectivity index (χ3v) is 3.40. The van der Waals surface area contributed by atoms with E-state index in [0.717, 1.165) is 25.3 Å². The van der Waals surface area contributed by atoms with Gasteiger partial charge in [-0.2, -0.15) is 0 Å². The molecule has 1 aromatic carbocycles. The van der Waals surface area contributed by atoms with Gasteiger partial charge in [-0.15, -0.1) is 0 Å². The maximum Gasteiger partial charge on any atom is 0.164 e. The van der Waals surface area contributed by atoms with Crippen molar-refractivity contribution >= 4 is 0 Å². The Morgan fingerprint density at radius 2 is 2.00 bits per heavy atom. The summed E-state index contributed by atoms with van der Waals surface area (Å²) in [5.74, 6) is -1.77. The molecule has 2 rings (SSSR count). The molecule has 0 amide bonds. The molecule has 1 fully saturated rings. The van der Waals surface area contributed by atoms with Gasteiger partial charge in [0.2, 0.25) is 0 Å². The van der Waals surface area contributed by atoms with Crippen LogP contribution in [0.2, 0.25) is 0 Å². The first kappa shape index (κ1) is 10.6. The Labute approximate surface area is 87.7 Å². The summed E-state index contributed by atoms with van der Waals surface area (Å²) < 4.78 is 26.5. The number of halogens is 2. The fourth-order valence-corrected chi connectivity index (χ4v) is 2.08. The molecule has 3 heteroatoms. The quantitative estimate of drug-likeness (QED) is 0.799. The third kappa shape index (κ3) is 1.65. The van der Waals surface area contributed by atoms with E-state index in [-0.39, 0.29) is 11.5 Å². The minimum Gasteiger partial charge on any atom is -0.385 e. The number of hydrogen-bond acceptors (Lipinski definition) is 1. The molecule has 82 valence electrons. The molecule has 1 aliphatic rings. The molecule has 0 aliphatic heterocycles. The molecule has 15 heavy (non-hydrogen) atoms. The Bertz CT molecular complexity index is 370. The highest BCUT2D eigenvalue weighted by molar-refractivity contribution is 5.26. The van der Waals surface area contributed by atoms with Crippen molar-refractivity contribution in [2.45, 2.75) is 31.8 Å². The zero-order valence-corrected chi connectivity index (χ0v) is 8.63. The van der Waals surface area contributed by atoms with Gasteiger partial charge in [0.15, 0.2) is 11.6 Å². The minimum absolute atomic E-state index is 0.0498. The van der Waals surface area contributed by atoms with E-state index >= 15 is 0 Å². The van der Waals surface area contributed by atoms with Gasteiger partial charge in [0.25, 0.3) is 0 Å². The summed E-state index contributed by atoms with van der Waals surface area (Å²) in [5.41, 5.74) is -1.17. The van der Waals surface area contributed by atoms with E-state index in [1.165, 1.54) is 12.1 Å². The average Bonchev–Trinajstić information content (AvgIpc) is 2.05. The van der Waals surface area contributed by atoms with Crippen molar-refractivity contribution in [3.05, 3.63) is 35.4 Å². The van der Waals surface area contributed by atoms with Crippen LogP contribution in [0.15, 0.2) is 18.2 Å². The molecule has 0 heterocycles. The highest BCUT2D eigenvalue weighted by Crippen LogP contribution is 2.42. The molecule has 0 bridgehead atoms. The summed E-state index contributed by atoms with van der Waals surface area (Å²) in [5, 5.41) is 10.2. The Morgan fingerprint density at radius 3 is 2.53 bits per heavy atom. The second kappa shape index (κ2) is 3.56. The van der Waals surface area contributed by atoms with Gasteiger partial charge in [-0.1, -0.05) is 18.6 Å². The van der Waals surface area contributed by atoms with Crippen LogP contribution >= 0.6 is 0 Å². The molecule has 0 spiro atoms. The summed E-state index contributed by atoms with van der Waals surface area (Å²) in [7, 11) is 0. The van der Waals surface area contributed by atoms with Gasteiger partial charge in [0.05, 0.1) is 5.60 Å². The van der Waals surface area contributed by atoms with Crippen molar-refractivity contribution in [2.75, 3.05) is 0 Å². The lowest BCUT2D eigenvalue weighted by Gasteiger charge is -2.39. The van der Waals surface area contributed by atoms with Crippen LogP contribution in [-0.2, 0) is 5.60 Å². The second-order valence-electron chi connectivity index (χ2n) is 4.38. The SMILES string of the molecule is CC(O)(c1cccc(F)c1F)C1CCC1. The van der Waals surface area contributed by atoms with Crippen molar-refractivity contribution in [1.82, 2.24) is 0 Å². The van der Waals surface area contributed by atoms with Crippen molar-refractivity contribution in [3.8, 4) is 0 Å². The van der Waals surface area contributed by atoms with Crippen molar-refractivity contribution < 1.29 is 13.9 Å². The van der Waals surface area contributed by atoms with Gasteiger partial charge in [0, 0.05) is 5.56 Å². The second-order valence-corrected chi connectivity index (χ2v) is 4.38. The fraction of sp³-hybridized carbons (Fsp3) is 0.500. The normalized spacial score (nSPS) is 20.8. The topological polar surface area (TPSA) is 20.2 Å². The molecule has 0 radical (unpaired) electrons. The van der Waals surface area contributed by atoms with Gasteiger partial charge in [-0.3, -0.25) is 0 Å². The van der Waals surface area contributed by atoms with Crippen molar-refractivity contribution in [1.29, 1.82) is 0 Å². The fourth-order valence-electron chi connectivity index (χ4n) is 2.08. The standard InChI is InChI=1S/C12H14F2O/c1-12(15,8-4-2-5-8)9-6-3-7-10(13)11(9)14/h3,6-8,15H,2,4-5H2,1H3. The van der Waals surface area contributed by atoms with Crippen LogP contribution in [0.5, 0.6) is 0 Å². The Kier molecular flexibility index (Phi) is 2.51. The predicted octanol–water partition coefficient (Wildman–Crippen LogP) is 2.97. The maximum absolute atomic E-state index is 13.5. The largest absolute Gasteiger partial charge is 0.385 e. The van der Waals surface area contributed by atoms with Crippen LogP contribution in [0.25, 0.3) is 0 Å². The lowest BCUT2D eigenvalue weighted by atomic mass is 9.70. The van der Waals surface area contributed by atoms with E-state index in [2.05, 4.69) is 0 Å². The molecule has 1 saturated carbocycles. The molecular weight excluding hydrogens is 198 g/mol. The molecule has 1 aliphatic carbocycles. The van der Waals surface area contributed by atoms with Gasteiger partial charge in [-0.05, 0) is 31.7 Å². The van der Waals surface area contributed by atoms with Crippen LogP contribution in [0.1, 0.15) is 31.7 Å². The van der Waals surface area contributed by atoms with E-state index in [4.69, 9.17) is 0 Å². The molecule has 1 atom stereocenters. The summed E-state index contributed by atoms with van der Waals surface area (Å²) >= 11 is 0. The van der Waals surface area contributed by atoms with Crippen LogP contribution in [0.3, 0.4) is 0 Å². The molecular formula is C12H14F2O. The number of rotatable bonds is 2. The first-order valence-corrected chi connectivity index (χ1v) is 5.20. The highest BCUT2D eigenvalue weighted by Gasteiger charge is 2.39. The summed E-state index contributed by atoms with van der Waals surface area (Å²) in [4.78, 5) is 0. The summed E-state index contributed by atoms with van der Waals surface area (Å²) in [6, 6.07) is 3.95. The van der Waals surface area contributed by atoms with E-state index < -0.39 is 17.2 Å². The number of aliphatic hydroxyl groups is 1. The van der Waals surface area contributed by atoms with Crippen molar-refractivity contribution in [2.24, 2.45) is 5.92 Å².